The molecule has 0 aliphatic carbocycles. The van der Waals surface area contributed by atoms with Crippen LogP contribution in [0, 0.1) is 0 Å². The van der Waals surface area contributed by atoms with Gasteiger partial charge in [0.15, 0.2) is 5.11 Å². The van der Waals surface area contributed by atoms with Crippen molar-refractivity contribution < 1.29 is 14.6 Å². The third kappa shape index (κ3) is 4.85. The molecule has 0 saturated carbocycles. The van der Waals surface area contributed by atoms with E-state index < -0.39 is 0 Å². The Balaban J connectivity index is 2.00. The van der Waals surface area contributed by atoms with Crippen molar-refractivity contribution in [1.82, 2.24) is 5.43 Å². The van der Waals surface area contributed by atoms with Crippen LogP contribution in [0.15, 0.2) is 47.6 Å². The van der Waals surface area contributed by atoms with E-state index in [0.717, 1.165) is 5.69 Å². The molecule has 0 amide bonds. The molecule has 24 heavy (non-hydrogen) atoms. The van der Waals surface area contributed by atoms with Crippen LogP contribution in [0.25, 0.3) is 0 Å². The van der Waals surface area contributed by atoms with Gasteiger partial charge in [-0.25, -0.2) is 0 Å². The van der Waals surface area contributed by atoms with E-state index in [2.05, 4.69) is 15.8 Å². The number of nitrogens with zero attached hydrogens (tertiary/aromatic N) is 1. The molecule has 0 heterocycles. The lowest BCUT2D eigenvalue weighted by Crippen LogP contribution is -2.24. The second kappa shape index (κ2) is 8.73. The lowest BCUT2D eigenvalue weighted by Gasteiger charge is -2.12. The Labute approximate surface area is 146 Å². The van der Waals surface area contributed by atoms with Gasteiger partial charge < -0.3 is 19.9 Å². The van der Waals surface area contributed by atoms with Crippen LogP contribution in [0.4, 0.5) is 5.69 Å². The van der Waals surface area contributed by atoms with Crippen molar-refractivity contribution in [2.45, 2.75) is 6.92 Å². The van der Waals surface area contributed by atoms with Gasteiger partial charge in [0.05, 0.1) is 25.6 Å². The molecule has 0 spiro atoms. The zero-order chi connectivity index (χ0) is 17.4. The van der Waals surface area contributed by atoms with Crippen LogP contribution < -0.4 is 20.2 Å². The number of phenolic OH excluding ortho intramolecular Hbond substituents is 1. The van der Waals surface area contributed by atoms with Crippen LogP contribution in [0.5, 0.6) is 17.2 Å². The minimum atomic E-state index is 0.128. The zero-order valence-electron chi connectivity index (χ0n) is 13.4. The molecule has 0 unspecified atom stereocenters. The fourth-order valence-corrected chi connectivity index (χ4v) is 2.15. The maximum atomic E-state index is 9.53. The Bertz CT molecular complexity index is 735. The number of nitrogens with one attached hydrogen (secondary N) is 2. The SMILES string of the molecule is CCOc1ccccc1NC(=S)NN=Cc1cc(O)ccc1OC. The molecule has 0 atom stereocenters. The standard InChI is InChI=1S/C17H19N3O3S/c1-3-23-16-7-5-4-6-14(16)19-17(24)20-18-11-12-10-13(21)8-9-15(12)22-2/h4-11,21H,3H2,1-2H3,(H2,19,20,24). The summed E-state index contributed by atoms with van der Waals surface area (Å²) in [4.78, 5) is 0. The third-order valence-corrected chi connectivity index (χ3v) is 3.21. The van der Waals surface area contributed by atoms with Crippen molar-refractivity contribution in [3.63, 3.8) is 0 Å². The van der Waals surface area contributed by atoms with E-state index in [1.165, 1.54) is 6.21 Å². The van der Waals surface area contributed by atoms with Gasteiger partial charge in [0.25, 0.3) is 0 Å². The van der Waals surface area contributed by atoms with Crippen LogP contribution in [-0.4, -0.2) is 30.2 Å². The molecule has 6 nitrogen and oxygen atoms in total. The van der Waals surface area contributed by atoms with Gasteiger partial charge in [-0.2, -0.15) is 5.10 Å². The van der Waals surface area contributed by atoms with Crippen LogP contribution >= 0.6 is 12.2 Å². The molecule has 126 valence electrons. The van der Waals surface area contributed by atoms with Crippen molar-refractivity contribution in [2.75, 3.05) is 19.0 Å². The topological polar surface area (TPSA) is 75.1 Å². The minimum absolute atomic E-state index is 0.128. The Kier molecular flexibility index (Phi) is 6.39. The van der Waals surface area contributed by atoms with Gasteiger partial charge in [-0.15, -0.1) is 0 Å². The largest absolute Gasteiger partial charge is 0.508 e. The number of thiocarbonyl (C=S) groups is 1. The highest BCUT2D eigenvalue weighted by Gasteiger charge is 2.04. The summed E-state index contributed by atoms with van der Waals surface area (Å²) in [5, 5.41) is 16.9. The first-order chi connectivity index (χ1) is 11.6. The summed E-state index contributed by atoms with van der Waals surface area (Å²) < 4.78 is 10.7. The van der Waals surface area contributed by atoms with E-state index in [0.29, 0.717) is 28.8 Å². The first-order valence-corrected chi connectivity index (χ1v) is 7.73. The van der Waals surface area contributed by atoms with Crippen LogP contribution in [0.1, 0.15) is 12.5 Å². The number of anilines is 1. The molecule has 2 aromatic carbocycles. The van der Waals surface area contributed by atoms with Gasteiger partial charge in [-0.3, -0.25) is 5.43 Å². The normalized spacial score (nSPS) is 10.4. The maximum Gasteiger partial charge on any atom is 0.191 e. The van der Waals surface area contributed by atoms with Gasteiger partial charge in [-0.1, -0.05) is 12.1 Å². The molecule has 0 bridgehead atoms. The average molecular weight is 345 g/mol. The highest BCUT2D eigenvalue weighted by Crippen LogP contribution is 2.23. The first-order valence-electron chi connectivity index (χ1n) is 7.33. The van der Waals surface area contributed by atoms with Crippen LogP contribution in [-0.2, 0) is 0 Å². The monoisotopic (exact) mass is 345 g/mol. The van der Waals surface area contributed by atoms with E-state index in [1.54, 1.807) is 25.3 Å². The number of methoxy groups -OCH3 is 1. The van der Waals surface area contributed by atoms with Gasteiger partial charge in [0.2, 0.25) is 0 Å². The molecule has 2 aromatic rings. The predicted molar refractivity (Wildman–Crippen MR) is 99.2 cm³/mol. The van der Waals surface area contributed by atoms with Gasteiger partial charge in [-0.05, 0) is 49.5 Å². The van der Waals surface area contributed by atoms with Crippen molar-refractivity contribution in [2.24, 2.45) is 5.10 Å². The molecule has 3 N–H and O–H groups in total. The zero-order valence-corrected chi connectivity index (χ0v) is 14.3. The lowest BCUT2D eigenvalue weighted by molar-refractivity contribution is 0.342. The van der Waals surface area contributed by atoms with E-state index in [9.17, 15) is 5.11 Å². The van der Waals surface area contributed by atoms with E-state index in [-0.39, 0.29) is 5.75 Å². The Morgan fingerprint density at radius 1 is 1.25 bits per heavy atom. The molecule has 0 radical (unpaired) electrons. The number of hydrazone groups is 1. The fraction of sp³-hybridized carbons (Fsp3) is 0.176. The molecule has 2 rings (SSSR count). The quantitative estimate of drug-likeness (QED) is 0.424. The van der Waals surface area contributed by atoms with Crippen LogP contribution in [0.3, 0.4) is 0 Å². The summed E-state index contributed by atoms with van der Waals surface area (Å²) in [5.41, 5.74) is 4.10. The third-order valence-electron chi connectivity index (χ3n) is 3.02. The Morgan fingerprint density at radius 2 is 2.04 bits per heavy atom. The summed E-state index contributed by atoms with van der Waals surface area (Å²) in [6, 6.07) is 12.2. The number of benzene rings is 2. The van der Waals surface area contributed by atoms with Gasteiger partial charge in [0.1, 0.15) is 17.2 Å². The molecule has 0 aliphatic rings. The average Bonchev–Trinajstić information content (AvgIpc) is 2.57. The molecule has 0 aromatic heterocycles. The smallest absolute Gasteiger partial charge is 0.191 e. The highest BCUT2D eigenvalue weighted by atomic mass is 32.1. The van der Waals surface area contributed by atoms with Crippen molar-refractivity contribution in [3.8, 4) is 17.2 Å². The summed E-state index contributed by atoms with van der Waals surface area (Å²) in [5.74, 6) is 1.44. The van der Waals surface area contributed by atoms with E-state index in [1.807, 2.05) is 31.2 Å². The molecule has 0 saturated heterocycles. The summed E-state index contributed by atoms with van der Waals surface area (Å²) >= 11 is 5.21. The highest BCUT2D eigenvalue weighted by molar-refractivity contribution is 7.80. The summed E-state index contributed by atoms with van der Waals surface area (Å²) in [6.45, 7) is 2.48. The van der Waals surface area contributed by atoms with E-state index in [4.69, 9.17) is 21.7 Å². The van der Waals surface area contributed by atoms with Crippen molar-refractivity contribution in [1.29, 1.82) is 0 Å². The molecule has 7 heteroatoms. The molecule has 0 aliphatic heterocycles. The van der Waals surface area contributed by atoms with Crippen molar-refractivity contribution in [3.05, 3.63) is 48.0 Å². The fourth-order valence-electron chi connectivity index (χ4n) is 1.98. The lowest BCUT2D eigenvalue weighted by atomic mass is 10.2. The van der Waals surface area contributed by atoms with Crippen LogP contribution in [0.2, 0.25) is 0 Å². The minimum Gasteiger partial charge on any atom is -0.508 e. The molecular weight excluding hydrogens is 326 g/mol. The summed E-state index contributed by atoms with van der Waals surface area (Å²) in [6.07, 6.45) is 1.51. The van der Waals surface area contributed by atoms with Crippen molar-refractivity contribution >= 4 is 29.2 Å². The number of hydrogen-bond donors (Lipinski definition) is 3. The predicted octanol–water partition coefficient (Wildman–Crippen LogP) is 3.12. The number of hydrogen-bond acceptors (Lipinski definition) is 5. The first kappa shape index (κ1) is 17.6. The number of rotatable bonds is 6. The van der Waals surface area contributed by atoms with Gasteiger partial charge >= 0.3 is 0 Å². The summed E-state index contributed by atoms with van der Waals surface area (Å²) in [7, 11) is 1.55. The van der Waals surface area contributed by atoms with Gasteiger partial charge in [0, 0.05) is 5.56 Å². The second-order valence-electron chi connectivity index (χ2n) is 4.68. The number of phenols is 1. The second-order valence-corrected chi connectivity index (χ2v) is 5.09. The number of aromatic hydroxyl groups is 1. The number of para-hydroxylation sites is 2. The maximum absolute atomic E-state index is 9.53. The number of ether oxygens (including phenoxy) is 2. The molecule has 0 fully saturated rings. The Hall–Kier alpha value is -2.80. The molecular formula is C17H19N3O3S. The van der Waals surface area contributed by atoms with E-state index >= 15 is 0 Å². The Morgan fingerprint density at radius 3 is 2.79 bits per heavy atom.